The van der Waals surface area contributed by atoms with Gasteiger partial charge in [0.15, 0.2) is 0 Å². The monoisotopic (exact) mass is 604 g/mol. The molecule has 0 radical (unpaired) electrons. The smallest absolute Gasteiger partial charge is 0.267 e. The van der Waals surface area contributed by atoms with Gasteiger partial charge in [0.05, 0.1) is 12.8 Å². The molecule has 0 unspecified atom stereocenters. The van der Waals surface area contributed by atoms with Gasteiger partial charge >= 0.3 is 0 Å². The third-order valence-electron chi connectivity index (χ3n) is 6.51. The van der Waals surface area contributed by atoms with Crippen molar-refractivity contribution in [2.24, 2.45) is 11.5 Å². The summed E-state index contributed by atoms with van der Waals surface area (Å²) in [5, 5.41) is 3.78. The van der Waals surface area contributed by atoms with Crippen LogP contribution in [0.3, 0.4) is 0 Å². The predicted molar refractivity (Wildman–Crippen MR) is 160 cm³/mol. The summed E-state index contributed by atoms with van der Waals surface area (Å²) in [4.78, 5) is 46.7. The number of primary amides is 2. The van der Waals surface area contributed by atoms with Gasteiger partial charge in [0.1, 0.15) is 17.1 Å². The highest BCUT2D eigenvalue weighted by atomic mass is 35.5. The molecule has 0 atom stereocenters. The number of nitrogens with zero attached hydrogens (tertiary/aromatic N) is 7. The van der Waals surface area contributed by atoms with E-state index in [1.165, 1.54) is 24.5 Å². The molecule has 1 aromatic carbocycles. The van der Waals surface area contributed by atoms with Gasteiger partial charge in [0, 0.05) is 63.2 Å². The summed E-state index contributed by atoms with van der Waals surface area (Å²) in [6.45, 7) is 5.98. The first-order valence-electron chi connectivity index (χ1n) is 12.9. The lowest BCUT2D eigenvalue weighted by Crippen LogP contribution is -2.47. The van der Waals surface area contributed by atoms with E-state index in [1.54, 1.807) is 7.11 Å². The Balaban J connectivity index is 0.00000462. The molecule has 15 heteroatoms. The summed E-state index contributed by atoms with van der Waals surface area (Å²) in [5.74, 6) is 0.260. The van der Waals surface area contributed by atoms with Crippen molar-refractivity contribution in [1.29, 1.82) is 0 Å². The number of carbonyl (C=O) groups excluding carboxylic acids is 2. The van der Waals surface area contributed by atoms with Crippen LogP contribution >= 0.6 is 24.0 Å². The Labute approximate surface area is 249 Å². The second-order valence-electron chi connectivity index (χ2n) is 9.15. The number of carbonyl (C=O) groups is 2. The molecule has 0 spiro atoms. The molecule has 3 heterocycles. The maximum Gasteiger partial charge on any atom is 0.267 e. The number of anilines is 3. The van der Waals surface area contributed by atoms with Gasteiger partial charge in [0.2, 0.25) is 11.9 Å². The molecule has 0 bridgehead atoms. The number of hydrogen-bond donors (Lipinski definition) is 3. The molecule has 4 rings (SSSR count). The number of nitrogens with one attached hydrogen (secondary N) is 1. The van der Waals surface area contributed by atoms with Crippen molar-refractivity contribution in [3.63, 3.8) is 0 Å². The van der Waals surface area contributed by atoms with E-state index in [1.807, 2.05) is 23.1 Å². The van der Waals surface area contributed by atoms with Crippen LogP contribution in [0.5, 0.6) is 5.75 Å². The molecule has 1 saturated heterocycles. The Hall–Kier alpha value is -3.94. The molecule has 2 amide bonds. The minimum Gasteiger partial charge on any atom is -0.495 e. The van der Waals surface area contributed by atoms with Gasteiger partial charge in [-0.1, -0.05) is 11.6 Å². The van der Waals surface area contributed by atoms with Gasteiger partial charge in [-0.2, -0.15) is 0 Å². The lowest BCUT2D eigenvalue weighted by molar-refractivity contribution is 0.0987. The van der Waals surface area contributed by atoms with Gasteiger partial charge in [-0.25, -0.2) is 19.9 Å². The quantitative estimate of drug-likeness (QED) is 0.259. The molecule has 1 aliphatic rings. The Morgan fingerprint density at radius 2 is 1.68 bits per heavy atom. The zero-order chi connectivity index (χ0) is 28.5. The number of hydrogen-bond acceptors (Lipinski definition) is 11. The van der Waals surface area contributed by atoms with Gasteiger partial charge < -0.3 is 31.3 Å². The molecule has 220 valence electrons. The fourth-order valence-electron chi connectivity index (χ4n) is 4.44. The standard InChI is InChI=1S/C26H33ClN10O3.ClH/c1-40-22-4-3-18(27)17-21(22)36-15-13-35(14-16-36)10-2-11-37(26-32-8-6-20(34-26)24(29)39)12-9-31-25-30-7-5-19(33-25)23(28)38;/h3-8,17H,2,9-16H2,1H3,(H2,28,38)(H2,29,39)(H,30,31,33);1H. The number of aromatic nitrogens is 4. The van der Waals surface area contributed by atoms with Crippen LogP contribution in [0.1, 0.15) is 27.4 Å². The highest BCUT2D eigenvalue weighted by molar-refractivity contribution is 6.31. The van der Waals surface area contributed by atoms with E-state index in [-0.39, 0.29) is 29.7 Å². The van der Waals surface area contributed by atoms with Gasteiger partial charge in [0.25, 0.3) is 11.8 Å². The van der Waals surface area contributed by atoms with Gasteiger partial charge in [-0.3, -0.25) is 14.5 Å². The first-order chi connectivity index (χ1) is 19.3. The van der Waals surface area contributed by atoms with Crippen LogP contribution in [0.25, 0.3) is 0 Å². The van der Waals surface area contributed by atoms with E-state index in [2.05, 4.69) is 35.1 Å². The van der Waals surface area contributed by atoms with Crippen LogP contribution in [-0.4, -0.2) is 96.1 Å². The van der Waals surface area contributed by atoms with Crippen LogP contribution < -0.4 is 31.3 Å². The molecule has 2 aromatic heterocycles. The SMILES string of the molecule is COc1ccc(Cl)cc1N1CCN(CCCN(CCNc2nccc(C(N)=O)n2)c2nccc(C(N)=O)n2)CC1.Cl. The van der Waals surface area contributed by atoms with E-state index in [0.717, 1.165) is 50.6 Å². The van der Waals surface area contributed by atoms with Crippen molar-refractivity contribution in [3.8, 4) is 5.75 Å². The van der Waals surface area contributed by atoms with E-state index in [4.69, 9.17) is 27.8 Å². The second kappa shape index (κ2) is 15.2. The van der Waals surface area contributed by atoms with Gasteiger partial charge in [-0.05, 0) is 43.3 Å². The molecule has 0 saturated carbocycles. The maximum atomic E-state index is 11.7. The Kier molecular flexibility index (Phi) is 11.7. The minimum absolute atomic E-state index is 0. The van der Waals surface area contributed by atoms with E-state index in [0.29, 0.717) is 30.6 Å². The first-order valence-corrected chi connectivity index (χ1v) is 13.3. The third-order valence-corrected chi connectivity index (χ3v) is 6.74. The molecular formula is C26H34Cl2N10O3. The molecule has 3 aromatic rings. The van der Waals surface area contributed by atoms with Crippen molar-refractivity contribution in [1.82, 2.24) is 24.8 Å². The number of halogens is 2. The number of benzene rings is 1. The summed E-state index contributed by atoms with van der Waals surface area (Å²) in [6, 6.07) is 8.60. The van der Waals surface area contributed by atoms with E-state index >= 15 is 0 Å². The average molecular weight is 606 g/mol. The van der Waals surface area contributed by atoms with Crippen molar-refractivity contribution in [2.75, 3.05) is 74.6 Å². The van der Waals surface area contributed by atoms with Crippen molar-refractivity contribution < 1.29 is 14.3 Å². The third kappa shape index (κ3) is 8.77. The largest absolute Gasteiger partial charge is 0.495 e. The molecular weight excluding hydrogens is 571 g/mol. The van der Waals surface area contributed by atoms with Crippen LogP contribution in [0.15, 0.2) is 42.7 Å². The number of piperazine rings is 1. The van der Waals surface area contributed by atoms with Crippen molar-refractivity contribution >= 4 is 53.4 Å². The zero-order valence-electron chi connectivity index (χ0n) is 22.7. The van der Waals surface area contributed by atoms with Crippen LogP contribution in [-0.2, 0) is 0 Å². The Morgan fingerprint density at radius 3 is 2.37 bits per heavy atom. The number of rotatable bonds is 13. The summed E-state index contributed by atoms with van der Waals surface area (Å²) >= 11 is 6.22. The van der Waals surface area contributed by atoms with Gasteiger partial charge in [-0.15, -0.1) is 12.4 Å². The van der Waals surface area contributed by atoms with Crippen LogP contribution in [0, 0.1) is 0 Å². The average Bonchev–Trinajstić information content (AvgIpc) is 2.97. The topological polar surface area (TPSA) is 169 Å². The van der Waals surface area contributed by atoms with Crippen LogP contribution in [0.4, 0.5) is 17.6 Å². The highest BCUT2D eigenvalue weighted by Gasteiger charge is 2.20. The number of nitrogens with two attached hydrogens (primary N) is 2. The molecule has 41 heavy (non-hydrogen) atoms. The highest BCUT2D eigenvalue weighted by Crippen LogP contribution is 2.31. The van der Waals surface area contributed by atoms with Crippen molar-refractivity contribution in [3.05, 3.63) is 59.1 Å². The maximum absolute atomic E-state index is 11.7. The summed E-state index contributed by atoms with van der Waals surface area (Å²) in [5.41, 5.74) is 12.0. The lowest BCUT2D eigenvalue weighted by atomic mass is 10.2. The molecule has 13 nitrogen and oxygen atoms in total. The summed E-state index contributed by atoms with van der Waals surface area (Å²) in [7, 11) is 1.66. The fraction of sp³-hybridized carbons (Fsp3) is 0.385. The first kappa shape index (κ1) is 31.6. The Bertz CT molecular complexity index is 1320. The van der Waals surface area contributed by atoms with Crippen molar-refractivity contribution in [2.45, 2.75) is 6.42 Å². The number of methoxy groups -OCH3 is 1. The predicted octanol–water partition coefficient (Wildman–Crippen LogP) is 1.68. The second-order valence-corrected chi connectivity index (χ2v) is 9.58. The molecule has 1 fully saturated rings. The normalized spacial score (nSPS) is 13.3. The van der Waals surface area contributed by atoms with Crippen LogP contribution in [0.2, 0.25) is 5.02 Å². The molecule has 5 N–H and O–H groups in total. The summed E-state index contributed by atoms with van der Waals surface area (Å²) < 4.78 is 5.52. The lowest BCUT2D eigenvalue weighted by Gasteiger charge is -2.37. The number of ether oxygens (including phenoxy) is 1. The number of amides is 2. The minimum atomic E-state index is -0.628. The fourth-order valence-corrected chi connectivity index (χ4v) is 4.61. The molecule has 1 aliphatic heterocycles. The van der Waals surface area contributed by atoms with E-state index < -0.39 is 11.8 Å². The Morgan fingerprint density at radius 1 is 1.00 bits per heavy atom. The van der Waals surface area contributed by atoms with E-state index in [9.17, 15) is 9.59 Å². The zero-order valence-corrected chi connectivity index (χ0v) is 24.3. The summed E-state index contributed by atoms with van der Waals surface area (Å²) in [6.07, 6.45) is 3.83. The molecule has 0 aliphatic carbocycles.